The first-order chi connectivity index (χ1) is 9.66. The molecule has 0 aromatic carbocycles. The molecule has 1 unspecified atom stereocenters. The van der Waals surface area contributed by atoms with Gasteiger partial charge in [-0.05, 0) is 45.7 Å². The molecule has 0 amide bonds. The monoisotopic (exact) mass is 273 g/mol. The molecule has 2 rings (SSSR count). The summed E-state index contributed by atoms with van der Waals surface area (Å²) in [6.45, 7) is 7.22. The van der Waals surface area contributed by atoms with Gasteiger partial charge in [0.2, 0.25) is 0 Å². The van der Waals surface area contributed by atoms with E-state index in [9.17, 15) is 0 Å². The van der Waals surface area contributed by atoms with Crippen molar-refractivity contribution in [2.24, 2.45) is 0 Å². The van der Waals surface area contributed by atoms with Crippen LogP contribution in [0.25, 0.3) is 0 Å². The normalized spacial score (nSPS) is 12.8. The Morgan fingerprint density at radius 3 is 2.80 bits per heavy atom. The molecule has 20 heavy (non-hydrogen) atoms. The smallest absolute Gasteiger partial charge is 0.147 e. The lowest BCUT2D eigenvalue weighted by Crippen LogP contribution is -2.27. The van der Waals surface area contributed by atoms with E-state index in [2.05, 4.69) is 51.9 Å². The van der Waals surface area contributed by atoms with Crippen LogP contribution in [-0.4, -0.2) is 25.8 Å². The first-order valence-corrected chi connectivity index (χ1v) is 7.18. The van der Waals surface area contributed by atoms with E-state index >= 15 is 0 Å². The highest BCUT2D eigenvalue weighted by Crippen LogP contribution is 2.07. The fourth-order valence-corrected chi connectivity index (χ4v) is 2.10. The van der Waals surface area contributed by atoms with Gasteiger partial charge in [-0.1, -0.05) is 6.07 Å². The molecule has 1 N–H and O–H groups in total. The Labute approximate surface area is 120 Å². The minimum atomic E-state index is 0.394. The summed E-state index contributed by atoms with van der Waals surface area (Å²) in [5.41, 5.74) is 1.14. The van der Waals surface area contributed by atoms with Crippen LogP contribution >= 0.6 is 0 Å². The number of aromatic nitrogens is 4. The van der Waals surface area contributed by atoms with Crippen molar-refractivity contribution in [1.29, 1.82) is 0 Å². The molecule has 0 aliphatic rings. The van der Waals surface area contributed by atoms with Gasteiger partial charge in [-0.2, -0.15) is 0 Å². The average molecular weight is 273 g/mol. The minimum absolute atomic E-state index is 0.394. The molecule has 0 spiro atoms. The second-order valence-electron chi connectivity index (χ2n) is 5.39. The second-order valence-corrected chi connectivity index (χ2v) is 5.39. The molecule has 2 aromatic heterocycles. The second kappa shape index (κ2) is 7.14. The van der Waals surface area contributed by atoms with Crippen LogP contribution in [0.1, 0.15) is 44.8 Å². The zero-order valence-corrected chi connectivity index (χ0v) is 12.5. The number of hydrogen-bond acceptors (Lipinski definition) is 4. The van der Waals surface area contributed by atoms with Crippen molar-refractivity contribution < 1.29 is 0 Å². The number of nitrogens with one attached hydrogen (secondary N) is 1. The van der Waals surface area contributed by atoms with Gasteiger partial charge in [0.25, 0.3) is 0 Å². The highest BCUT2D eigenvalue weighted by molar-refractivity contribution is 5.03. The van der Waals surface area contributed by atoms with Gasteiger partial charge < -0.3 is 9.88 Å². The van der Waals surface area contributed by atoms with Crippen LogP contribution < -0.4 is 5.32 Å². The molecule has 2 aromatic rings. The maximum Gasteiger partial charge on any atom is 0.147 e. The molecule has 0 aliphatic heterocycles. The van der Waals surface area contributed by atoms with Crippen molar-refractivity contribution in [3.63, 3.8) is 0 Å². The summed E-state index contributed by atoms with van der Waals surface area (Å²) in [4.78, 5) is 4.34. The van der Waals surface area contributed by atoms with Crippen molar-refractivity contribution in [3.05, 3.63) is 42.2 Å². The molecule has 0 bridgehead atoms. The number of pyridine rings is 1. The predicted octanol–water partition coefficient (Wildman–Crippen LogP) is 2.36. The van der Waals surface area contributed by atoms with E-state index in [0.717, 1.165) is 30.9 Å². The van der Waals surface area contributed by atoms with Crippen molar-refractivity contribution in [3.8, 4) is 0 Å². The summed E-state index contributed by atoms with van der Waals surface area (Å²) in [7, 11) is 0. The number of aryl methyl sites for hydroxylation is 1. The number of rotatable bonds is 7. The van der Waals surface area contributed by atoms with Gasteiger partial charge in [-0.25, -0.2) is 0 Å². The Balaban J connectivity index is 1.77. The lowest BCUT2D eigenvalue weighted by molar-refractivity contribution is 0.478. The van der Waals surface area contributed by atoms with Gasteiger partial charge >= 0.3 is 0 Å². The lowest BCUT2D eigenvalue weighted by atomic mass is 10.1. The van der Waals surface area contributed by atoms with Gasteiger partial charge in [0.1, 0.15) is 12.2 Å². The summed E-state index contributed by atoms with van der Waals surface area (Å²) >= 11 is 0. The molecule has 0 saturated carbocycles. The van der Waals surface area contributed by atoms with Crippen LogP contribution in [0.5, 0.6) is 0 Å². The molecule has 0 aliphatic carbocycles. The molecule has 0 saturated heterocycles. The minimum Gasteiger partial charge on any atom is -0.314 e. The Morgan fingerprint density at radius 1 is 1.25 bits per heavy atom. The fraction of sp³-hybridized carbons (Fsp3) is 0.533. The Kier molecular flexibility index (Phi) is 5.24. The quantitative estimate of drug-likeness (QED) is 0.841. The summed E-state index contributed by atoms with van der Waals surface area (Å²) in [5, 5.41) is 11.6. The van der Waals surface area contributed by atoms with Crippen molar-refractivity contribution >= 4 is 0 Å². The van der Waals surface area contributed by atoms with Crippen LogP contribution in [0.15, 0.2) is 30.7 Å². The highest BCUT2D eigenvalue weighted by Gasteiger charge is 2.09. The number of hydrogen-bond donors (Lipinski definition) is 1. The standard InChI is InChI=1S/C15H23N5/c1-12(2)20-11-18-19-15(20)10-17-13(3)7-8-14-6-4-5-9-16-14/h4-6,9,11-13,17H,7-8,10H2,1-3H3. The van der Waals surface area contributed by atoms with E-state index in [0.29, 0.717) is 12.1 Å². The van der Waals surface area contributed by atoms with Crippen LogP contribution in [0, 0.1) is 0 Å². The van der Waals surface area contributed by atoms with Gasteiger partial charge in [0, 0.05) is 24.0 Å². The van der Waals surface area contributed by atoms with Crippen molar-refractivity contribution in [2.45, 2.75) is 52.2 Å². The fourth-order valence-electron chi connectivity index (χ4n) is 2.10. The van der Waals surface area contributed by atoms with Crippen LogP contribution in [-0.2, 0) is 13.0 Å². The summed E-state index contributed by atoms with van der Waals surface area (Å²) < 4.78 is 2.10. The van der Waals surface area contributed by atoms with Gasteiger partial charge in [-0.3, -0.25) is 4.98 Å². The lowest BCUT2D eigenvalue weighted by Gasteiger charge is -2.15. The number of nitrogens with zero attached hydrogens (tertiary/aromatic N) is 4. The molecule has 5 heteroatoms. The molecule has 108 valence electrons. The third-order valence-electron chi connectivity index (χ3n) is 3.37. The van der Waals surface area contributed by atoms with Gasteiger partial charge in [-0.15, -0.1) is 10.2 Å². The predicted molar refractivity (Wildman–Crippen MR) is 79.3 cm³/mol. The van der Waals surface area contributed by atoms with Crippen molar-refractivity contribution in [1.82, 2.24) is 25.1 Å². The first kappa shape index (κ1) is 14.7. The summed E-state index contributed by atoms with van der Waals surface area (Å²) in [5.74, 6) is 0.990. The zero-order valence-electron chi connectivity index (χ0n) is 12.5. The highest BCUT2D eigenvalue weighted by atomic mass is 15.3. The molecular formula is C15H23N5. The molecule has 1 atom stereocenters. The average Bonchev–Trinajstić information content (AvgIpc) is 2.92. The maximum absolute atomic E-state index is 4.34. The molecule has 0 fully saturated rings. The summed E-state index contributed by atoms with van der Waals surface area (Å²) in [6.07, 6.45) is 5.69. The topological polar surface area (TPSA) is 55.6 Å². The molecule has 0 radical (unpaired) electrons. The Bertz CT molecular complexity index is 506. The van der Waals surface area contributed by atoms with E-state index in [1.165, 1.54) is 0 Å². The van der Waals surface area contributed by atoms with Crippen LogP contribution in [0.3, 0.4) is 0 Å². The molecule has 5 nitrogen and oxygen atoms in total. The van der Waals surface area contributed by atoms with E-state index in [-0.39, 0.29) is 0 Å². The summed E-state index contributed by atoms with van der Waals surface area (Å²) in [6, 6.07) is 6.87. The Morgan fingerprint density at radius 2 is 2.10 bits per heavy atom. The van der Waals surface area contributed by atoms with E-state index in [1.54, 1.807) is 6.33 Å². The van der Waals surface area contributed by atoms with Crippen LogP contribution in [0.4, 0.5) is 0 Å². The van der Waals surface area contributed by atoms with E-state index in [1.807, 2.05) is 18.3 Å². The maximum atomic E-state index is 4.34. The molecular weight excluding hydrogens is 250 g/mol. The van der Waals surface area contributed by atoms with Crippen molar-refractivity contribution in [2.75, 3.05) is 0 Å². The van der Waals surface area contributed by atoms with Gasteiger partial charge in [0.05, 0.1) is 6.54 Å². The third kappa shape index (κ3) is 4.13. The van der Waals surface area contributed by atoms with E-state index in [4.69, 9.17) is 0 Å². The molecule has 2 heterocycles. The first-order valence-electron chi connectivity index (χ1n) is 7.18. The van der Waals surface area contributed by atoms with Crippen LogP contribution in [0.2, 0.25) is 0 Å². The SMILES string of the molecule is CC(CCc1ccccn1)NCc1nncn1C(C)C. The zero-order chi connectivity index (χ0) is 14.4. The Hall–Kier alpha value is -1.75. The van der Waals surface area contributed by atoms with Gasteiger partial charge in [0.15, 0.2) is 0 Å². The third-order valence-corrected chi connectivity index (χ3v) is 3.37. The largest absolute Gasteiger partial charge is 0.314 e. The van der Waals surface area contributed by atoms with E-state index < -0.39 is 0 Å².